The van der Waals surface area contributed by atoms with Gasteiger partial charge in [-0.25, -0.2) is 8.42 Å². The number of halogens is 3. The molecule has 0 saturated carbocycles. The maximum Gasteiger partial charge on any atom is 0.317 e. The van der Waals surface area contributed by atoms with Crippen LogP contribution in [0.25, 0.3) is 22.4 Å². The topological polar surface area (TPSA) is 69.2 Å². The van der Waals surface area contributed by atoms with Crippen molar-refractivity contribution in [3.8, 4) is 28.4 Å². The van der Waals surface area contributed by atoms with Crippen molar-refractivity contribution in [2.24, 2.45) is 0 Å². The van der Waals surface area contributed by atoms with Crippen LogP contribution in [0.3, 0.4) is 0 Å². The minimum atomic E-state index is -3.71. The van der Waals surface area contributed by atoms with E-state index in [0.29, 0.717) is 37.5 Å². The summed E-state index contributed by atoms with van der Waals surface area (Å²) in [5.74, 6) is 0. The molecule has 0 bridgehead atoms. The molecular weight excluding hydrogens is 431 g/mol. The molecule has 27 heavy (non-hydrogen) atoms. The van der Waals surface area contributed by atoms with Crippen molar-refractivity contribution in [2.75, 3.05) is 13.4 Å². The summed E-state index contributed by atoms with van der Waals surface area (Å²) in [6, 6.07) is 11.5. The summed E-state index contributed by atoms with van der Waals surface area (Å²) in [4.78, 5) is 8.44. The Labute approximate surface area is 171 Å². The van der Waals surface area contributed by atoms with E-state index in [4.69, 9.17) is 39.5 Å². The Morgan fingerprint density at radius 3 is 2.11 bits per heavy atom. The zero-order valence-electron chi connectivity index (χ0n) is 14.2. The number of nitrogens with zero attached hydrogens (tertiary/aromatic N) is 2. The molecule has 0 radical (unpaired) electrons. The standard InChI is InChI=1S/C18H13Cl3N2O3S/c1-26-18-22-16(13-8-7-12(20)9-14(13)21)15(17(23-18)27(2,24)25)10-3-5-11(19)6-4-10/h3-9H,1-2H3. The average Bonchev–Trinajstić information content (AvgIpc) is 2.61. The molecule has 0 N–H and O–H groups in total. The summed E-state index contributed by atoms with van der Waals surface area (Å²) in [5.41, 5.74) is 1.69. The average molecular weight is 444 g/mol. The van der Waals surface area contributed by atoms with E-state index in [1.807, 2.05) is 0 Å². The highest BCUT2D eigenvalue weighted by molar-refractivity contribution is 7.90. The van der Waals surface area contributed by atoms with Crippen LogP contribution < -0.4 is 4.74 Å². The van der Waals surface area contributed by atoms with Crippen LogP contribution in [0.1, 0.15) is 0 Å². The van der Waals surface area contributed by atoms with Crippen LogP contribution in [0.4, 0.5) is 0 Å². The highest BCUT2D eigenvalue weighted by Crippen LogP contribution is 2.40. The molecule has 1 aromatic heterocycles. The van der Waals surface area contributed by atoms with Gasteiger partial charge in [-0.2, -0.15) is 9.97 Å². The fourth-order valence-electron chi connectivity index (χ4n) is 2.53. The molecule has 0 spiro atoms. The first-order valence-electron chi connectivity index (χ1n) is 7.58. The SMILES string of the molecule is COc1nc(-c2ccc(Cl)cc2Cl)c(-c2ccc(Cl)cc2)c(S(C)(=O)=O)n1. The van der Waals surface area contributed by atoms with Gasteiger partial charge in [0.2, 0.25) is 0 Å². The van der Waals surface area contributed by atoms with Gasteiger partial charge >= 0.3 is 6.01 Å². The van der Waals surface area contributed by atoms with E-state index in [0.717, 1.165) is 6.26 Å². The van der Waals surface area contributed by atoms with Gasteiger partial charge < -0.3 is 4.74 Å². The highest BCUT2D eigenvalue weighted by atomic mass is 35.5. The Hall–Kier alpha value is -1.86. The predicted molar refractivity (Wildman–Crippen MR) is 108 cm³/mol. The fraction of sp³-hybridized carbons (Fsp3) is 0.111. The zero-order valence-corrected chi connectivity index (χ0v) is 17.3. The molecule has 0 aliphatic heterocycles. The second kappa shape index (κ2) is 7.64. The van der Waals surface area contributed by atoms with Crippen molar-refractivity contribution in [3.63, 3.8) is 0 Å². The van der Waals surface area contributed by atoms with Gasteiger partial charge in [-0.15, -0.1) is 0 Å². The first-order valence-corrected chi connectivity index (χ1v) is 10.6. The molecule has 9 heteroatoms. The maximum absolute atomic E-state index is 12.5. The van der Waals surface area contributed by atoms with E-state index < -0.39 is 9.84 Å². The molecule has 0 saturated heterocycles. The molecule has 140 valence electrons. The molecule has 0 aliphatic rings. The van der Waals surface area contributed by atoms with Crippen LogP contribution in [0.2, 0.25) is 15.1 Å². The normalized spacial score (nSPS) is 11.4. The third-order valence-corrected chi connectivity index (χ3v) is 5.51. The lowest BCUT2D eigenvalue weighted by Gasteiger charge is -2.15. The summed E-state index contributed by atoms with van der Waals surface area (Å²) in [7, 11) is -2.35. The lowest BCUT2D eigenvalue weighted by atomic mass is 10.0. The third-order valence-electron chi connectivity index (χ3n) is 3.71. The summed E-state index contributed by atoms with van der Waals surface area (Å²) in [6.45, 7) is 0. The number of hydrogen-bond donors (Lipinski definition) is 0. The van der Waals surface area contributed by atoms with Gasteiger partial charge in [0.15, 0.2) is 14.9 Å². The minimum Gasteiger partial charge on any atom is -0.467 e. The van der Waals surface area contributed by atoms with Gasteiger partial charge in [-0.3, -0.25) is 0 Å². The highest BCUT2D eigenvalue weighted by Gasteiger charge is 2.25. The number of methoxy groups -OCH3 is 1. The molecule has 0 amide bonds. The Balaban J connectivity index is 2.45. The largest absolute Gasteiger partial charge is 0.467 e. The second-order valence-corrected chi connectivity index (χ2v) is 8.85. The molecule has 0 unspecified atom stereocenters. The summed E-state index contributed by atoms with van der Waals surface area (Å²) in [6.07, 6.45) is 1.07. The Bertz CT molecular complexity index is 1120. The number of rotatable bonds is 4. The van der Waals surface area contributed by atoms with Gasteiger partial charge in [-0.1, -0.05) is 46.9 Å². The molecule has 2 aromatic carbocycles. The zero-order chi connectivity index (χ0) is 19.8. The van der Waals surface area contributed by atoms with Crippen molar-refractivity contribution in [1.82, 2.24) is 9.97 Å². The van der Waals surface area contributed by atoms with Gasteiger partial charge in [0, 0.05) is 27.4 Å². The number of benzene rings is 2. The van der Waals surface area contributed by atoms with Gasteiger partial charge in [-0.05, 0) is 35.9 Å². The molecule has 3 rings (SSSR count). The van der Waals surface area contributed by atoms with E-state index in [1.54, 1.807) is 42.5 Å². The first-order chi connectivity index (χ1) is 12.7. The van der Waals surface area contributed by atoms with Crippen LogP contribution in [0.5, 0.6) is 6.01 Å². The van der Waals surface area contributed by atoms with Crippen molar-refractivity contribution < 1.29 is 13.2 Å². The Morgan fingerprint density at radius 1 is 0.926 bits per heavy atom. The van der Waals surface area contributed by atoms with Crippen molar-refractivity contribution in [2.45, 2.75) is 5.03 Å². The predicted octanol–water partition coefficient (Wildman–Crippen LogP) is 5.18. The lowest BCUT2D eigenvalue weighted by molar-refractivity contribution is 0.376. The molecular formula is C18H13Cl3N2O3S. The molecule has 0 fully saturated rings. The second-order valence-electron chi connectivity index (χ2n) is 5.64. The Morgan fingerprint density at radius 2 is 1.56 bits per heavy atom. The van der Waals surface area contributed by atoms with Crippen molar-refractivity contribution in [1.29, 1.82) is 0 Å². The maximum atomic E-state index is 12.5. The number of ether oxygens (including phenoxy) is 1. The lowest BCUT2D eigenvalue weighted by Crippen LogP contribution is -2.08. The quantitative estimate of drug-likeness (QED) is 0.519. The molecule has 3 aromatic rings. The van der Waals surface area contributed by atoms with E-state index in [1.165, 1.54) is 7.11 Å². The molecule has 5 nitrogen and oxygen atoms in total. The monoisotopic (exact) mass is 442 g/mol. The smallest absolute Gasteiger partial charge is 0.317 e. The van der Waals surface area contributed by atoms with E-state index in [9.17, 15) is 8.42 Å². The van der Waals surface area contributed by atoms with Crippen molar-refractivity contribution >= 4 is 44.6 Å². The molecule has 0 aliphatic carbocycles. The van der Waals surface area contributed by atoms with Crippen LogP contribution in [-0.4, -0.2) is 31.8 Å². The van der Waals surface area contributed by atoms with Crippen molar-refractivity contribution in [3.05, 3.63) is 57.5 Å². The Kier molecular flexibility index (Phi) is 5.63. The fourth-order valence-corrected chi connectivity index (χ4v) is 3.99. The van der Waals surface area contributed by atoms with Gasteiger partial charge in [0.05, 0.1) is 17.8 Å². The van der Waals surface area contributed by atoms with Crippen LogP contribution in [-0.2, 0) is 9.84 Å². The summed E-state index contributed by atoms with van der Waals surface area (Å²) in [5, 5.41) is 1.11. The van der Waals surface area contributed by atoms with E-state index >= 15 is 0 Å². The molecule has 1 heterocycles. The number of sulfone groups is 1. The summed E-state index contributed by atoms with van der Waals surface area (Å²) < 4.78 is 30.0. The van der Waals surface area contributed by atoms with Gasteiger partial charge in [0.1, 0.15) is 0 Å². The van der Waals surface area contributed by atoms with Crippen LogP contribution in [0, 0.1) is 0 Å². The number of aromatic nitrogens is 2. The molecule has 0 atom stereocenters. The van der Waals surface area contributed by atoms with Crippen LogP contribution >= 0.6 is 34.8 Å². The number of hydrogen-bond acceptors (Lipinski definition) is 5. The van der Waals surface area contributed by atoms with Crippen LogP contribution in [0.15, 0.2) is 47.5 Å². The summed E-state index contributed by atoms with van der Waals surface area (Å²) >= 11 is 18.3. The first kappa shape index (κ1) is 19.9. The van der Waals surface area contributed by atoms with E-state index in [-0.39, 0.29) is 11.0 Å². The third kappa shape index (κ3) is 4.19. The van der Waals surface area contributed by atoms with E-state index in [2.05, 4.69) is 9.97 Å². The van der Waals surface area contributed by atoms with Gasteiger partial charge in [0.25, 0.3) is 0 Å². The minimum absolute atomic E-state index is 0.0887.